The Balaban J connectivity index is 0. The van der Waals surface area contributed by atoms with Crippen LogP contribution >= 0.6 is 24.2 Å². The van der Waals surface area contributed by atoms with Crippen molar-refractivity contribution in [1.82, 2.24) is 0 Å². The van der Waals surface area contributed by atoms with Crippen LogP contribution < -0.4 is 0 Å². The normalized spacial score (nSPS) is 8.38. The molecule has 0 atom stereocenters. The summed E-state index contributed by atoms with van der Waals surface area (Å²) in [5.41, 5.74) is 0. The van der Waals surface area contributed by atoms with Crippen molar-refractivity contribution in [3.63, 3.8) is 0 Å². The zero-order chi connectivity index (χ0) is 5.86. The number of hydrogen-bond acceptors (Lipinski definition) is 2. The molecule has 0 aliphatic carbocycles. The number of thioether (sulfide) groups is 1. The Morgan fingerprint density at radius 2 is 2.00 bits per heavy atom. The number of rotatable bonds is 1. The molecule has 0 heterocycles. The Bertz CT molecular complexity index is 74.4. The molecule has 0 aromatic rings. The van der Waals surface area contributed by atoms with Crippen LogP contribution in [-0.4, -0.2) is 15.7 Å². The van der Waals surface area contributed by atoms with Gasteiger partial charge >= 0.3 is 5.30 Å². The third-order valence-electron chi connectivity index (χ3n) is 0.337. The molecule has 8 heavy (non-hydrogen) atoms. The molecule has 0 aromatic carbocycles. The van der Waals surface area contributed by atoms with Crippen LogP contribution in [0.3, 0.4) is 0 Å². The number of halogens is 1. The van der Waals surface area contributed by atoms with Crippen LogP contribution in [0.15, 0.2) is 0 Å². The second kappa shape index (κ2) is 5.25. The SMILES string of the molecule is CC(C)SC(=O)O.Cl. The van der Waals surface area contributed by atoms with Gasteiger partial charge in [-0.25, -0.2) is 4.79 Å². The Kier molecular flexibility index (Phi) is 7.21. The predicted molar refractivity (Wildman–Crippen MR) is 38.0 cm³/mol. The molecule has 0 saturated carbocycles. The molecule has 4 heteroatoms. The molecule has 50 valence electrons. The van der Waals surface area contributed by atoms with Gasteiger partial charge in [0.1, 0.15) is 0 Å². The van der Waals surface area contributed by atoms with Crippen molar-refractivity contribution in [1.29, 1.82) is 0 Å². The molecule has 0 spiro atoms. The average Bonchev–Trinajstić information content (AvgIpc) is 1.27. The first-order valence-electron chi connectivity index (χ1n) is 2.02. The van der Waals surface area contributed by atoms with Gasteiger partial charge in [0.2, 0.25) is 0 Å². The van der Waals surface area contributed by atoms with Gasteiger partial charge in [-0.2, -0.15) is 0 Å². The zero-order valence-corrected chi connectivity index (χ0v) is 6.38. The van der Waals surface area contributed by atoms with Crippen molar-refractivity contribution in [2.75, 3.05) is 0 Å². The molecule has 0 fully saturated rings. The van der Waals surface area contributed by atoms with Crippen molar-refractivity contribution >= 4 is 29.5 Å². The van der Waals surface area contributed by atoms with E-state index in [2.05, 4.69) is 0 Å². The van der Waals surface area contributed by atoms with E-state index in [1.807, 2.05) is 13.8 Å². The summed E-state index contributed by atoms with van der Waals surface area (Å²) in [4.78, 5) is 9.77. The van der Waals surface area contributed by atoms with Gasteiger partial charge in [0.15, 0.2) is 0 Å². The Morgan fingerprint density at radius 3 is 2.00 bits per heavy atom. The van der Waals surface area contributed by atoms with E-state index in [9.17, 15) is 4.79 Å². The van der Waals surface area contributed by atoms with Crippen molar-refractivity contribution < 1.29 is 9.90 Å². The topological polar surface area (TPSA) is 37.3 Å². The second-order valence-electron chi connectivity index (χ2n) is 1.43. The fraction of sp³-hybridized carbons (Fsp3) is 0.750. The summed E-state index contributed by atoms with van der Waals surface area (Å²) in [5, 5.41) is 7.44. The molecule has 0 aliphatic heterocycles. The van der Waals surface area contributed by atoms with E-state index < -0.39 is 5.30 Å². The average molecular weight is 157 g/mol. The van der Waals surface area contributed by atoms with Gasteiger partial charge in [-0.3, -0.25) is 0 Å². The predicted octanol–water partition coefficient (Wildman–Crippen LogP) is 2.23. The third kappa shape index (κ3) is 9.44. The maximum atomic E-state index is 9.77. The van der Waals surface area contributed by atoms with E-state index in [1.54, 1.807) is 0 Å². The molecule has 0 aromatic heterocycles. The first-order chi connectivity index (χ1) is 3.13. The van der Waals surface area contributed by atoms with Crippen LogP contribution in [0.5, 0.6) is 0 Å². The van der Waals surface area contributed by atoms with Crippen LogP contribution in [0.2, 0.25) is 0 Å². The van der Waals surface area contributed by atoms with E-state index >= 15 is 0 Å². The summed E-state index contributed by atoms with van der Waals surface area (Å²) >= 11 is 0.926. The van der Waals surface area contributed by atoms with Crippen molar-refractivity contribution in [3.05, 3.63) is 0 Å². The van der Waals surface area contributed by atoms with E-state index in [0.29, 0.717) is 0 Å². The third-order valence-corrected chi connectivity index (χ3v) is 1.01. The van der Waals surface area contributed by atoms with E-state index in [0.717, 1.165) is 11.8 Å². The highest BCUT2D eigenvalue weighted by molar-refractivity contribution is 8.13. The maximum absolute atomic E-state index is 9.77. The van der Waals surface area contributed by atoms with Crippen LogP contribution in [0.25, 0.3) is 0 Å². The van der Waals surface area contributed by atoms with E-state index in [4.69, 9.17) is 5.11 Å². The zero-order valence-electron chi connectivity index (χ0n) is 4.75. The van der Waals surface area contributed by atoms with Crippen LogP contribution in [0.4, 0.5) is 4.79 Å². The molecule has 2 nitrogen and oxygen atoms in total. The minimum absolute atomic E-state index is 0. The standard InChI is InChI=1S/C4H8O2S.ClH/c1-3(2)7-4(5)6;/h3H,1-2H3,(H,5,6);1H. The molecular weight excluding hydrogens is 148 g/mol. The first-order valence-corrected chi connectivity index (χ1v) is 2.90. The van der Waals surface area contributed by atoms with Gasteiger partial charge in [-0.15, -0.1) is 12.4 Å². The summed E-state index contributed by atoms with van der Waals surface area (Å²) in [6.45, 7) is 3.69. The summed E-state index contributed by atoms with van der Waals surface area (Å²) in [5.74, 6) is 0. The fourth-order valence-electron chi connectivity index (χ4n) is 0.202. The van der Waals surface area contributed by atoms with E-state index in [-0.39, 0.29) is 17.7 Å². The number of hydrogen-bond donors (Lipinski definition) is 1. The Labute approximate surface area is 59.1 Å². The highest BCUT2D eigenvalue weighted by Gasteiger charge is 1.99. The minimum atomic E-state index is -0.796. The van der Waals surface area contributed by atoms with Crippen LogP contribution in [-0.2, 0) is 0 Å². The van der Waals surface area contributed by atoms with E-state index in [1.165, 1.54) is 0 Å². The lowest BCUT2D eigenvalue weighted by Crippen LogP contribution is -1.92. The molecule has 1 N–H and O–H groups in total. The van der Waals surface area contributed by atoms with Crippen molar-refractivity contribution in [3.8, 4) is 0 Å². The van der Waals surface area contributed by atoms with Gasteiger partial charge < -0.3 is 5.11 Å². The minimum Gasteiger partial charge on any atom is -0.473 e. The monoisotopic (exact) mass is 156 g/mol. The van der Waals surface area contributed by atoms with Gasteiger partial charge in [-0.1, -0.05) is 13.8 Å². The van der Waals surface area contributed by atoms with Crippen LogP contribution in [0, 0.1) is 0 Å². The lowest BCUT2D eigenvalue weighted by atomic mass is 10.6. The maximum Gasteiger partial charge on any atom is 0.365 e. The van der Waals surface area contributed by atoms with Gasteiger partial charge in [0.25, 0.3) is 0 Å². The fourth-order valence-corrected chi connectivity index (χ4v) is 0.605. The second-order valence-corrected chi connectivity index (χ2v) is 2.96. The lowest BCUT2D eigenvalue weighted by molar-refractivity contribution is 0.222. The van der Waals surface area contributed by atoms with Crippen molar-refractivity contribution in [2.24, 2.45) is 0 Å². The highest BCUT2D eigenvalue weighted by Crippen LogP contribution is 2.08. The Hall–Kier alpha value is 0.110. The summed E-state index contributed by atoms with van der Waals surface area (Å²) in [7, 11) is 0. The summed E-state index contributed by atoms with van der Waals surface area (Å²) in [6, 6.07) is 0. The quantitative estimate of drug-likeness (QED) is 0.633. The lowest BCUT2D eigenvalue weighted by Gasteiger charge is -1.93. The largest absolute Gasteiger partial charge is 0.473 e. The van der Waals surface area contributed by atoms with Gasteiger partial charge in [0, 0.05) is 5.25 Å². The Morgan fingerprint density at radius 1 is 1.62 bits per heavy atom. The highest BCUT2D eigenvalue weighted by atomic mass is 35.5. The molecule has 0 aliphatic rings. The smallest absolute Gasteiger partial charge is 0.365 e. The molecule has 0 saturated heterocycles. The molecule has 0 radical (unpaired) electrons. The molecule has 0 bridgehead atoms. The van der Waals surface area contributed by atoms with Crippen molar-refractivity contribution in [2.45, 2.75) is 19.1 Å². The summed E-state index contributed by atoms with van der Waals surface area (Å²) < 4.78 is 0. The van der Waals surface area contributed by atoms with Gasteiger partial charge in [-0.05, 0) is 11.8 Å². The molecule has 0 rings (SSSR count). The summed E-state index contributed by atoms with van der Waals surface area (Å²) in [6.07, 6.45) is 0. The molecule has 0 unspecified atom stereocenters. The van der Waals surface area contributed by atoms with Gasteiger partial charge in [0.05, 0.1) is 0 Å². The number of carbonyl (C=O) groups is 1. The van der Waals surface area contributed by atoms with Crippen LogP contribution in [0.1, 0.15) is 13.8 Å². The molecular formula is C4H9ClO2S. The molecule has 0 amide bonds. The first kappa shape index (κ1) is 11.0. The number of carboxylic acid groups (broad SMARTS) is 1.